The van der Waals surface area contributed by atoms with E-state index in [-0.39, 0.29) is 11.0 Å². The SMILES string of the molecule is O=S1(=O)CC(Sc2cccc3ccccc23)c2ccccc21. The highest BCUT2D eigenvalue weighted by Crippen LogP contribution is 2.46. The second-order valence-electron chi connectivity index (χ2n) is 5.40. The molecule has 0 saturated carbocycles. The molecular weight excluding hydrogens is 312 g/mol. The minimum Gasteiger partial charge on any atom is -0.224 e. The zero-order chi connectivity index (χ0) is 15.2. The molecule has 1 atom stereocenters. The van der Waals surface area contributed by atoms with Crippen LogP contribution >= 0.6 is 11.8 Å². The molecule has 0 fully saturated rings. The molecule has 0 saturated heterocycles. The molecule has 0 amide bonds. The summed E-state index contributed by atoms with van der Waals surface area (Å²) in [6.45, 7) is 0. The number of thioether (sulfide) groups is 1. The van der Waals surface area contributed by atoms with Gasteiger partial charge in [-0.05, 0) is 28.5 Å². The summed E-state index contributed by atoms with van der Waals surface area (Å²) in [5.41, 5.74) is 0.931. The molecule has 4 heteroatoms. The van der Waals surface area contributed by atoms with Gasteiger partial charge >= 0.3 is 0 Å². The fourth-order valence-corrected chi connectivity index (χ4v) is 6.56. The molecule has 1 unspecified atom stereocenters. The molecule has 3 aromatic rings. The van der Waals surface area contributed by atoms with Crippen LogP contribution in [0.3, 0.4) is 0 Å². The summed E-state index contributed by atoms with van der Waals surface area (Å²) >= 11 is 1.65. The molecule has 2 nitrogen and oxygen atoms in total. The summed E-state index contributed by atoms with van der Waals surface area (Å²) in [6, 6.07) is 21.7. The summed E-state index contributed by atoms with van der Waals surface area (Å²) in [4.78, 5) is 1.63. The fourth-order valence-electron chi connectivity index (χ4n) is 2.96. The number of hydrogen-bond acceptors (Lipinski definition) is 3. The largest absolute Gasteiger partial charge is 0.224 e. The molecule has 4 rings (SSSR count). The Morgan fingerprint density at radius 3 is 2.50 bits per heavy atom. The van der Waals surface area contributed by atoms with Crippen molar-refractivity contribution in [1.29, 1.82) is 0 Å². The first kappa shape index (κ1) is 13.9. The van der Waals surface area contributed by atoms with E-state index in [1.807, 2.05) is 30.3 Å². The van der Waals surface area contributed by atoms with Gasteiger partial charge < -0.3 is 0 Å². The Balaban J connectivity index is 1.79. The van der Waals surface area contributed by atoms with Gasteiger partial charge in [-0.3, -0.25) is 0 Å². The highest BCUT2D eigenvalue weighted by atomic mass is 32.2. The zero-order valence-electron chi connectivity index (χ0n) is 11.8. The van der Waals surface area contributed by atoms with Gasteiger partial charge in [0.05, 0.1) is 15.9 Å². The van der Waals surface area contributed by atoms with Crippen LogP contribution in [0.4, 0.5) is 0 Å². The third-order valence-electron chi connectivity index (χ3n) is 3.99. The molecule has 0 radical (unpaired) electrons. The lowest BCUT2D eigenvalue weighted by Crippen LogP contribution is -2.01. The lowest BCUT2D eigenvalue weighted by molar-refractivity contribution is 0.600. The summed E-state index contributed by atoms with van der Waals surface area (Å²) in [5.74, 6) is 0.181. The van der Waals surface area contributed by atoms with Crippen LogP contribution in [-0.4, -0.2) is 14.2 Å². The maximum absolute atomic E-state index is 12.3. The van der Waals surface area contributed by atoms with Crippen LogP contribution in [0.2, 0.25) is 0 Å². The van der Waals surface area contributed by atoms with Gasteiger partial charge in [0.1, 0.15) is 0 Å². The summed E-state index contributed by atoms with van der Waals surface area (Å²) < 4.78 is 24.6. The van der Waals surface area contributed by atoms with E-state index in [9.17, 15) is 8.42 Å². The molecule has 3 aromatic carbocycles. The first-order valence-electron chi connectivity index (χ1n) is 7.11. The molecule has 0 aromatic heterocycles. The van der Waals surface area contributed by atoms with E-state index in [2.05, 4.69) is 24.3 Å². The van der Waals surface area contributed by atoms with E-state index in [1.165, 1.54) is 10.8 Å². The van der Waals surface area contributed by atoms with Crippen molar-refractivity contribution < 1.29 is 8.42 Å². The summed E-state index contributed by atoms with van der Waals surface area (Å²) in [7, 11) is -3.15. The molecule has 0 spiro atoms. The van der Waals surface area contributed by atoms with Crippen LogP contribution in [0.15, 0.2) is 76.5 Å². The standard InChI is InChI=1S/C18H14O2S2/c19-22(20)12-17(15-9-3-4-11-18(15)22)21-16-10-5-7-13-6-1-2-8-14(13)16/h1-11,17H,12H2. The van der Waals surface area contributed by atoms with Gasteiger partial charge in [0.25, 0.3) is 0 Å². The van der Waals surface area contributed by atoms with Crippen molar-refractivity contribution in [3.63, 3.8) is 0 Å². The van der Waals surface area contributed by atoms with Crippen molar-refractivity contribution in [3.05, 3.63) is 72.3 Å². The number of fused-ring (bicyclic) bond motifs is 2. The highest BCUT2D eigenvalue weighted by molar-refractivity contribution is 8.01. The Morgan fingerprint density at radius 1 is 0.864 bits per heavy atom. The van der Waals surface area contributed by atoms with E-state index in [0.29, 0.717) is 4.90 Å². The van der Waals surface area contributed by atoms with Crippen LogP contribution in [0.5, 0.6) is 0 Å². The van der Waals surface area contributed by atoms with Crippen LogP contribution in [0.1, 0.15) is 10.8 Å². The van der Waals surface area contributed by atoms with Crippen LogP contribution in [0, 0.1) is 0 Å². The van der Waals surface area contributed by atoms with Gasteiger partial charge in [-0.1, -0.05) is 54.6 Å². The first-order valence-corrected chi connectivity index (χ1v) is 9.64. The molecule has 0 N–H and O–H groups in total. The van der Waals surface area contributed by atoms with Crippen molar-refractivity contribution in [3.8, 4) is 0 Å². The van der Waals surface area contributed by atoms with E-state index in [4.69, 9.17) is 0 Å². The van der Waals surface area contributed by atoms with E-state index in [1.54, 1.807) is 23.9 Å². The molecule has 0 aliphatic carbocycles. The number of benzene rings is 3. The molecule has 0 bridgehead atoms. The van der Waals surface area contributed by atoms with E-state index in [0.717, 1.165) is 10.5 Å². The Bertz CT molecular complexity index is 956. The molecule has 110 valence electrons. The lowest BCUT2D eigenvalue weighted by atomic mass is 10.1. The smallest absolute Gasteiger partial charge is 0.180 e. The Hall–Kier alpha value is -1.78. The second-order valence-corrected chi connectivity index (χ2v) is 8.65. The molecule has 22 heavy (non-hydrogen) atoms. The number of rotatable bonds is 2. The van der Waals surface area contributed by atoms with E-state index < -0.39 is 9.84 Å². The predicted molar refractivity (Wildman–Crippen MR) is 91.0 cm³/mol. The van der Waals surface area contributed by atoms with Gasteiger partial charge in [-0.15, -0.1) is 11.8 Å². The van der Waals surface area contributed by atoms with Crippen LogP contribution in [0.25, 0.3) is 10.8 Å². The second kappa shape index (κ2) is 5.14. The van der Waals surface area contributed by atoms with Crippen molar-refractivity contribution in [2.45, 2.75) is 15.0 Å². The van der Waals surface area contributed by atoms with Crippen molar-refractivity contribution >= 4 is 32.4 Å². The normalized spacial score (nSPS) is 19.2. The third kappa shape index (κ3) is 2.23. The Labute approximate surface area is 134 Å². The van der Waals surface area contributed by atoms with Gasteiger partial charge in [-0.2, -0.15) is 0 Å². The molecular formula is C18H14O2S2. The lowest BCUT2D eigenvalue weighted by Gasteiger charge is -2.12. The quantitative estimate of drug-likeness (QED) is 0.697. The average molecular weight is 326 g/mol. The zero-order valence-corrected chi connectivity index (χ0v) is 13.4. The van der Waals surface area contributed by atoms with E-state index >= 15 is 0 Å². The monoisotopic (exact) mass is 326 g/mol. The summed E-state index contributed by atoms with van der Waals surface area (Å²) in [6.07, 6.45) is 0. The van der Waals surface area contributed by atoms with Gasteiger partial charge in [0.15, 0.2) is 9.84 Å². The topological polar surface area (TPSA) is 34.1 Å². The Morgan fingerprint density at radius 2 is 1.59 bits per heavy atom. The molecule has 1 aliphatic rings. The maximum Gasteiger partial charge on any atom is 0.180 e. The maximum atomic E-state index is 12.3. The first-order chi connectivity index (χ1) is 10.6. The molecule has 1 heterocycles. The third-order valence-corrected chi connectivity index (χ3v) is 7.33. The van der Waals surface area contributed by atoms with Crippen LogP contribution < -0.4 is 0 Å². The number of sulfone groups is 1. The van der Waals surface area contributed by atoms with Gasteiger partial charge in [0, 0.05) is 4.90 Å². The number of hydrogen-bond donors (Lipinski definition) is 0. The van der Waals surface area contributed by atoms with Crippen LogP contribution in [-0.2, 0) is 9.84 Å². The Kier molecular flexibility index (Phi) is 3.24. The molecule has 1 aliphatic heterocycles. The van der Waals surface area contributed by atoms with Crippen molar-refractivity contribution in [2.24, 2.45) is 0 Å². The minimum atomic E-state index is -3.15. The van der Waals surface area contributed by atoms with Gasteiger partial charge in [0.2, 0.25) is 0 Å². The predicted octanol–water partition coefficient (Wildman–Crippen LogP) is 4.46. The van der Waals surface area contributed by atoms with Crippen molar-refractivity contribution in [2.75, 3.05) is 5.75 Å². The highest BCUT2D eigenvalue weighted by Gasteiger charge is 2.35. The van der Waals surface area contributed by atoms with Gasteiger partial charge in [-0.25, -0.2) is 8.42 Å². The fraction of sp³-hybridized carbons (Fsp3) is 0.111. The summed E-state index contributed by atoms with van der Waals surface area (Å²) in [5, 5.41) is 2.32. The average Bonchev–Trinajstić information content (AvgIpc) is 2.79. The van der Waals surface area contributed by atoms with Crippen molar-refractivity contribution in [1.82, 2.24) is 0 Å². The minimum absolute atomic E-state index is 0.0352.